The second-order valence-corrected chi connectivity index (χ2v) is 2.73. The van der Waals surface area contributed by atoms with E-state index in [4.69, 9.17) is 6.57 Å². The standard InChI is InChI=1S/C11H8N2/c1-12-7-6-9-8-13-11-5-3-2-4-10(9)11/h2-8,13H. The normalized spacial score (nSPS) is 10.7. The first-order chi connectivity index (χ1) is 6.42. The van der Waals surface area contributed by atoms with Gasteiger partial charge in [0.2, 0.25) is 0 Å². The molecule has 0 radical (unpaired) electrons. The first-order valence-electron chi connectivity index (χ1n) is 4.01. The first kappa shape index (κ1) is 7.63. The third kappa shape index (κ3) is 1.32. The van der Waals surface area contributed by atoms with Crippen molar-refractivity contribution in [2.45, 2.75) is 0 Å². The van der Waals surface area contributed by atoms with Gasteiger partial charge in [0.1, 0.15) is 0 Å². The smallest absolute Gasteiger partial charge is 0.154 e. The van der Waals surface area contributed by atoms with Crippen molar-refractivity contribution in [3.8, 4) is 0 Å². The molecule has 0 atom stereocenters. The van der Waals surface area contributed by atoms with Gasteiger partial charge in [-0.25, -0.2) is 4.85 Å². The Balaban J connectivity index is 2.59. The van der Waals surface area contributed by atoms with Crippen molar-refractivity contribution in [2.24, 2.45) is 0 Å². The molecule has 0 aliphatic carbocycles. The largest absolute Gasteiger partial charge is 0.361 e. The van der Waals surface area contributed by atoms with Crippen molar-refractivity contribution in [1.82, 2.24) is 4.98 Å². The van der Waals surface area contributed by atoms with Gasteiger partial charge in [-0.3, -0.25) is 0 Å². The molecule has 2 rings (SSSR count). The van der Waals surface area contributed by atoms with E-state index in [1.807, 2.05) is 36.5 Å². The molecule has 1 aromatic carbocycles. The molecular formula is C11H8N2. The molecule has 1 N–H and O–H groups in total. The summed E-state index contributed by atoms with van der Waals surface area (Å²) in [6.07, 6.45) is 5.19. The van der Waals surface area contributed by atoms with Crippen LogP contribution in [0.15, 0.2) is 36.7 Å². The van der Waals surface area contributed by atoms with E-state index in [9.17, 15) is 0 Å². The van der Waals surface area contributed by atoms with E-state index < -0.39 is 0 Å². The van der Waals surface area contributed by atoms with Crippen LogP contribution in [0.2, 0.25) is 0 Å². The molecule has 1 heterocycles. The molecule has 1 aromatic heterocycles. The molecule has 0 amide bonds. The summed E-state index contributed by atoms with van der Waals surface area (Å²) in [4.78, 5) is 6.32. The third-order valence-corrected chi connectivity index (χ3v) is 1.95. The zero-order chi connectivity index (χ0) is 9.10. The van der Waals surface area contributed by atoms with Gasteiger partial charge in [-0.2, -0.15) is 0 Å². The molecule has 2 aromatic rings. The van der Waals surface area contributed by atoms with Crippen molar-refractivity contribution in [1.29, 1.82) is 0 Å². The highest BCUT2D eigenvalue weighted by molar-refractivity contribution is 5.88. The molecule has 13 heavy (non-hydrogen) atoms. The SMILES string of the molecule is [C-]#[N+]C=Cc1c[nH]c2ccccc12. The number of H-pyrrole nitrogens is 1. The Labute approximate surface area is 76.3 Å². The van der Waals surface area contributed by atoms with Gasteiger partial charge in [0.15, 0.2) is 6.20 Å². The number of nitrogens with zero attached hydrogens (tertiary/aromatic N) is 1. The Morgan fingerprint density at radius 1 is 1.31 bits per heavy atom. The van der Waals surface area contributed by atoms with Crippen molar-refractivity contribution in [2.75, 3.05) is 0 Å². The van der Waals surface area contributed by atoms with Crippen molar-refractivity contribution >= 4 is 17.0 Å². The van der Waals surface area contributed by atoms with Crippen molar-refractivity contribution in [3.05, 3.63) is 53.6 Å². The zero-order valence-electron chi connectivity index (χ0n) is 6.99. The second-order valence-electron chi connectivity index (χ2n) is 2.73. The molecule has 0 unspecified atom stereocenters. The molecule has 0 fully saturated rings. The highest BCUT2D eigenvalue weighted by atomic mass is 14.7. The van der Waals surface area contributed by atoms with Crippen LogP contribution in [0.1, 0.15) is 5.56 Å². The number of para-hydroxylation sites is 1. The number of aromatic amines is 1. The summed E-state index contributed by atoms with van der Waals surface area (Å²) in [7, 11) is 0. The minimum Gasteiger partial charge on any atom is -0.361 e. The van der Waals surface area contributed by atoms with Gasteiger partial charge in [0.05, 0.1) is 6.57 Å². The summed E-state index contributed by atoms with van der Waals surface area (Å²) in [5.41, 5.74) is 2.17. The molecule has 0 spiro atoms. The quantitative estimate of drug-likeness (QED) is 0.631. The van der Waals surface area contributed by atoms with Gasteiger partial charge in [-0.15, -0.1) is 0 Å². The molecule has 2 heteroatoms. The minimum atomic E-state index is 1.06. The average molecular weight is 168 g/mol. The summed E-state index contributed by atoms with van der Waals surface area (Å²) >= 11 is 0. The minimum absolute atomic E-state index is 1.06. The van der Waals surface area contributed by atoms with Crippen LogP contribution in [-0.2, 0) is 0 Å². The Morgan fingerprint density at radius 2 is 2.15 bits per heavy atom. The summed E-state index contributed by atoms with van der Waals surface area (Å²) in [6, 6.07) is 8.03. The van der Waals surface area contributed by atoms with Gasteiger partial charge < -0.3 is 4.98 Å². The summed E-state index contributed by atoms with van der Waals surface area (Å²) in [5.74, 6) is 0. The van der Waals surface area contributed by atoms with Gasteiger partial charge in [0.25, 0.3) is 0 Å². The maximum atomic E-state index is 6.64. The first-order valence-corrected chi connectivity index (χ1v) is 4.01. The Hall–Kier alpha value is -2.01. The number of rotatable bonds is 1. The van der Waals surface area contributed by atoms with Crippen LogP contribution in [0.3, 0.4) is 0 Å². The lowest BCUT2D eigenvalue weighted by Crippen LogP contribution is -1.66. The molecule has 2 nitrogen and oxygen atoms in total. The van der Waals surface area contributed by atoms with E-state index >= 15 is 0 Å². The fourth-order valence-electron chi connectivity index (χ4n) is 1.35. The molecule has 0 bridgehead atoms. The fourth-order valence-corrected chi connectivity index (χ4v) is 1.35. The Kier molecular flexibility index (Phi) is 1.85. The van der Waals surface area contributed by atoms with Crippen LogP contribution in [0.25, 0.3) is 21.8 Å². The van der Waals surface area contributed by atoms with Crippen LogP contribution in [0.5, 0.6) is 0 Å². The van der Waals surface area contributed by atoms with Crippen LogP contribution in [0.4, 0.5) is 0 Å². The monoisotopic (exact) mass is 168 g/mol. The third-order valence-electron chi connectivity index (χ3n) is 1.95. The number of hydrogen-bond donors (Lipinski definition) is 1. The van der Waals surface area contributed by atoms with E-state index in [1.165, 1.54) is 6.20 Å². The predicted molar refractivity (Wildman–Crippen MR) is 53.9 cm³/mol. The predicted octanol–water partition coefficient (Wildman–Crippen LogP) is 3.06. The number of fused-ring (bicyclic) bond motifs is 1. The van der Waals surface area contributed by atoms with Crippen molar-refractivity contribution < 1.29 is 0 Å². The summed E-state index contributed by atoms with van der Waals surface area (Å²) < 4.78 is 0. The molecule has 0 aliphatic rings. The van der Waals surface area contributed by atoms with Crippen LogP contribution < -0.4 is 0 Å². The maximum absolute atomic E-state index is 6.64. The average Bonchev–Trinajstić information content (AvgIpc) is 2.58. The highest BCUT2D eigenvalue weighted by Crippen LogP contribution is 2.18. The molecule has 0 aliphatic heterocycles. The summed E-state index contributed by atoms with van der Waals surface area (Å²) in [5, 5.41) is 1.16. The van der Waals surface area contributed by atoms with Crippen LogP contribution in [-0.4, -0.2) is 4.98 Å². The van der Waals surface area contributed by atoms with E-state index in [-0.39, 0.29) is 0 Å². The molecule has 62 valence electrons. The highest BCUT2D eigenvalue weighted by Gasteiger charge is 1.97. The second kappa shape index (κ2) is 3.16. The Morgan fingerprint density at radius 3 is 3.00 bits per heavy atom. The van der Waals surface area contributed by atoms with Gasteiger partial charge in [0, 0.05) is 17.1 Å². The van der Waals surface area contributed by atoms with Gasteiger partial charge in [-0.1, -0.05) is 24.3 Å². The summed E-state index contributed by atoms with van der Waals surface area (Å²) in [6.45, 7) is 6.64. The number of nitrogens with one attached hydrogen (secondary N) is 1. The molecule has 0 saturated carbocycles. The maximum Gasteiger partial charge on any atom is 0.154 e. The lowest BCUT2D eigenvalue weighted by Gasteiger charge is -1.88. The van der Waals surface area contributed by atoms with Crippen LogP contribution in [0, 0.1) is 6.57 Å². The van der Waals surface area contributed by atoms with Crippen molar-refractivity contribution in [3.63, 3.8) is 0 Å². The van der Waals surface area contributed by atoms with Crippen LogP contribution >= 0.6 is 0 Å². The zero-order valence-corrected chi connectivity index (χ0v) is 6.99. The molecular weight excluding hydrogens is 160 g/mol. The lowest BCUT2D eigenvalue weighted by molar-refractivity contribution is 1.47. The number of hydrogen-bond acceptors (Lipinski definition) is 0. The van der Waals surface area contributed by atoms with E-state index in [2.05, 4.69) is 9.83 Å². The molecule has 0 saturated heterocycles. The lowest BCUT2D eigenvalue weighted by atomic mass is 10.2. The van der Waals surface area contributed by atoms with Gasteiger partial charge >= 0.3 is 0 Å². The number of benzene rings is 1. The van der Waals surface area contributed by atoms with Gasteiger partial charge in [-0.05, 0) is 11.6 Å². The van der Waals surface area contributed by atoms with E-state index in [1.54, 1.807) is 0 Å². The topological polar surface area (TPSA) is 20.1 Å². The fraction of sp³-hybridized carbons (Fsp3) is 0. The number of aromatic nitrogens is 1. The van der Waals surface area contributed by atoms with E-state index in [0.29, 0.717) is 0 Å². The van der Waals surface area contributed by atoms with E-state index in [0.717, 1.165) is 16.5 Å². The Bertz CT molecular complexity index is 486.